The average Bonchev–Trinajstić information content (AvgIpc) is 2.00. The highest BCUT2D eigenvalue weighted by atomic mass is 16.4. The number of aliphatic hydroxyl groups is 3. The van der Waals surface area contributed by atoms with E-state index in [1.807, 2.05) is 0 Å². The van der Waals surface area contributed by atoms with Crippen LogP contribution in [-0.2, 0) is 4.79 Å². The number of carboxylic acids is 1. The van der Waals surface area contributed by atoms with E-state index in [-0.39, 0.29) is 5.70 Å². The van der Waals surface area contributed by atoms with Crippen LogP contribution < -0.4 is 10.8 Å². The van der Waals surface area contributed by atoms with Gasteiger partial charge in [0.1, 0.15) is 11.7 Å². The van der Waals surface area contributed by atoms with Gasteiger partial charge in [-0.15, -0.1) is 0 Å². The molecule has 0 saturated heterocycles. The van der Waals surface area contributed by atoms with Crippen molar-refractivity contribution in [2.24, 2.45) is 5.73 Å². The second kappa shape index (κ2) is 2.99. The number of carboxylic acid groups (broad SMARTS) is 1. The molecule has 3 atom stereocenters. The Kier molecular flexibility index (Phi) is 2.29. The summed E-state index contributed by atoms with van der Waals surface area (Å²) in [4.78, 5) is 10.4. The van der Waals surface area contributed by atoms with E-state index in [9.17, 15) is 15.0 Å². The van der Waals surface area contributed by atoms with Crippen LogP contribution in [0.15, 0.2) is 11.8 Å². The van der Waals surface area contributed by atoms with Gasteiger partial charge in [-0.3, -0.25) is 0 Å². The molecule has 0 aromatic rings. The average molecular weight is 188 g/mol. The van der Waals surface area contributed by atoms with Gasteiger partial charge in [-0.25, -0.2) is 0 Å². The molecule has 0 heterocycles. The summed E-state index contributed by atoms with van der Waals surface area (Å²) in [5.74, 6) is -1.75. The number of rotatable bonds is 1. The van der Waals surface area contributed by atoms with E-state index < -0.39 is 30.2 Å². The van der Waals surface area contributed by atoms with Crippen LogP contribution in [0.5, 0.6) is 0 Å². The van der Waals surface area contributed by atoms with Crippen LogP contribution >= 0.6 is 0 Å². The van der Waals surface area contributed by atoms with Crippen LogP contribution in [0.2, 0.25) is 0 Å². The lowest BCUT2D eigenvalue weighted by atomic mass is 9.86. The first-order valence-electron chi connectivity index (χ1n) is 3.65. The smallest absolute Gasteiger partial charge is 0.127 e. The van der Waals surface area contributed by atoms with Gasteiger partial charge in [0, 0.05) is 12.1 Å². The van der Waals surface area contributed by atoms with Crippen LogP contribution in [0, 0.1) is 0 Å². The molecule has 74 valence electrons. The fourth-order valence-electron chi connectivity index (χ4n) is 1.21. The van der Waals surface area contributed by atoms with Gasteiger partial charge in [-0.05, 0) is 6.08 Å². The molecule has 0 radical (unpaired) electrons. The van der Waals surface area contributed by atoms with E-state index in [2.05, 4.69) is 0 Å². The molecule has 1 aliphatic carbocycles. The lowest BCUT2D eigenvalue weighted by Gasteiger charge is -2.35. The molecule has 6 heteroatoms. The van der Waals surface area contributed by atoms with Gasteiger partial charge in [0.05, 0.1) is 12.1 Å². The summed E-state index contributed by atoms with van der Waals surface area (Å²) >= 11 is 0. The van der Waals surface area contributed by atoms with Gasteiger partial charge in [-0.1, -0.05) is 0 Å². The normalized spacial score (nSPS) is 39.8. The first-order chi connectivity index (χ1) is 5.87. The maximum Gasteiger partial charge on any atom is 0.127 e. The summed E-state index contributed by atoms with van der Waals surface area (Å²) in [7, 11) is 0. The van der Waals surface area contributed by atoms with Crippen LogP contribution in [-0.4, -0.2) is 39.1 Å². The van der Waals surface area contributed by atoms with Crippen LogP contribution in [0.25, 0.3) is 0 Å². The van der Waals surface area contributed by atoms with Gasteiger partial charge >= 0.3 is 0 Å². The molecule has 0 spiro atoms. The van der Waals surface area contributed by atoms with Gasteiger partial charge < -0.3 is 31.0 Å². The van der Waals surface area contributed by atoms with Crippen molar-refractivity contribution in [2.75, 3.05) is 0 Å². The summed E-state index contributed by atoms with van der Waals surface area (Å²) < 4.78 is 0. The van der Waals surface area contributed by atoms with Crippen molar-refractivity contribution in [1.82, 2.24) is 0 Å². The van der Waals surface area contributed by atoms with Gasteiger partial charge in [0.15, 0.2) is 0 Å². The third kappa shape index (κ3) is 1.64. The first kappa shape index (κ1) is 9.97. The van der Waals surface area contributed by atoms with Gasteiger partial charge in [0.2, 0.25) is 0 Å². The SMILES string of the molecule is NC1=CC(O)(C(=O)[O-])CC(O)C1O. The molecule has 0 bridgehead atoms. The standard InChI is InChI=1S/C7H11NO5/c8-3-1-7(13,6(11)12)2-4(9)5(3)10/h1,4-5,9-10,13H,2,8H2,(H,11,12)/p-1. The Hall–Kier alpha value is -1.11. The van der Waals surface area contributed by atoms with E-state index in [1.54, 1.807) is 0 Å². The molecule has 1 aliphatic rings. The molecule has 13 heavy (non-hydrogen) atoms. The fourth-order valence-corrected chi connectivity index (χ4v) is 1.21. The Labute approximate surface area is 73.9 Å². The summed E-state index contributed by atoms with van der Waals surface area (Å²) in [6.45, 7) is 0. The van der Waals surface area contributed by atoms with Crippen molar-refractivity contribution < 1.29 is 25.2 Å². The topological polar surface area (TPSA) is 127 Å². The maximum atomic E-state index is 10.4. The highest BCUT2D eigenvalue weighted by Crippen LogP contribution is 2.24. The summed E-state index contributed by atoms with van der Waals surface area (Å²) in [5, 5.41) is 37.9. The highest BCUT2D eigenvalue weighted by molar-refractivity contribution is 5.78. The minimum absolute atomic E-state index is 0.273. The Bertz CT molecular complexity index is 264. The molecular formula is C7H10NO5-. The Morgan fingerprint density at radius 1 is 1.69 bits per heavy atom. The lowest BCUT2D eigenvalue weighted by molar-refractivity contribution is -0.323. The minimum atomic E-state index is -2.29. The third-order valence-corrected chi connectivity index (χ3v) is 1.99. The molecule has 5 N–H and O–H groups in total. The van der Waals surface area contributed by atoms with Crippen molar-refractivity contribution in [3.8, 4) is 0 Å². The molecule has 0 saturated carbocycles. The van der Waals surface area contributed by atoms with Crippen LogP contribution in [0.1, 0.15) is 6.42 Å². The van der Waals surface area contributed by atoms with Crippen molar-refractivity contribution in [2.45, 2.75) is 24.2 Å². The Morgan fingerprint density at radius 3 is 2.62 bits per heavy atom. The maximum absolute atomic E-state index is 10.4. The number of aliphatic carboxylic acids is 1. The second-order valence-corrected chi connectivity index (χ2v) is 3.07. The van der Waals surface area contributed by atoms with Gasteiger partial charge in [-0.2, -0.15) is 0 Å². The zero-order chi connectivity index (χ0) is 10.2. The molecule has 0 aliphatic heterocycles. The highest BCUT2D eigenvalue weighted by Gasteiger charge is 2.38. The summed E-state index contributed by atoms with van der Waals surface area (Å²) in [5.41, 5.74) is 2.62. The number of hydrogen-bond acceptors (Lipinski definition) is 6. The van der Waals surface area contributed by atoms with E-state index in [0.717, 1.165) is 6.08 Å². The molecule has 0 amide bonds. The molecule has 1 rings (SSSR count). The Balaban J connectivity index is 3.00. The third-order valence-electron chi connectivity index (χ3n) is 1.99. The summed E-state index contributed by atoms with van der Waals surface area (Å²) in [6, 6.07) is 0. The molecular weight excluding hydrogens is 178 g/mol. The van der Waals surface area contributed by atoms with Crippen LogP contribution in [0.4, 0.5) is 0 Å². The minimum Gasteiger partial charge on any atom is -0.547 e. The van der Waals surface area contributed by atoms with Gasteiger partial charge in [0.25, 0.3) is 0 Å². The molecule has 0 aromatic heterocycles. The number of carbonyl (C=O) groups excluding carboxylic acids is 1. The molecule has 6 nitrogen and oxygen atoms in total. The predicted octanol–water partition coefficient (Wildman–Crippen LogP) is -3.56. The number of carbonyl (C=O) groups is 1. The Morgan fingerprint density at radius 2 is 2.23 bits per heavy atom. The van der Waals surface area contributed by atoms with E-state index in [1.165, 1.54) is 0 Å². The quantitative estimate of drug-likeness (QED) is 0.337. The number of hydrogen-bond donors (Lipinski definition) is 4. The number of nitrogens with two attached hydrogens (primary N) is 1. The van der Waals surface area contributed by atoms with E-state index >= 15 is 0 Å². The first-order valence-corrected chi connectivity index (χ1v) is 3.65. The van der Waals surface area contributed by atoms with Crippen molar-refractivity contribution in [1.29, 1.82) is 0 Å². The molecule has 0 fully saturated rings. The van der Waals surface area contributed by atoms with Crippen molar-refractivity contribution >= 4 is 5.97 Å². The zero-order valence-electron chi connectivity index (χ0n) is 6.67. The van der Waals surface area contributed by atoms with E-state index in [4.69, 9.17) is 15.9 Å². The van der Waals surface area contributed by atoms with E-state index in [0.29, 0.717) is 0 Å². The van der Waals surface area contributed by atoms with Crippen molar-refractivity contribution in [3.63, 3.8) is 0 Å². The zero-order valence-corrected chi connectivity index (χ0v) is 6.67. The summed E-state index contributed by atoms with van der Waals surface area (Å²) in [6.07, 6.45) is -2.48. The second-order valence-electron chi connectivity index (χ2n) is 3.07. The molecule has 3 unspecified atom stereocenters. The largest absolute Gasteiger partial charge is 0.547 e. The van der Waals surface area contributed by atoms with Crippen molar-refractivity contribution in [3.05, 3.63) is 11.8 Å². The fraction of sp³-hybridized carbons (Fsp3) is 0.571. The predicted molar refractivity (Wildman–Crippen MR) is 38.9 cm³/mol. The lowest BCUT2D eigenvalue weighted by Crippen LogP contribution is -2.54. The van der Waals surface area contributed by atoms with Crippen LogP contribution in [0.3, 0.4) is 0 Å². The monoisotopic (exact) mass is 188 g/mol. The molecule has 0 aromatic carbocycles. The number of aliphatic hydroxyl groups excluding tert-OH is 2.